The molecule has 126 valence electrons. The fourth-order valence-corrected chi connectivity index (χ4v) is 4.57. The molecule has 5 rings (SSSR count). The van der Waals surface area contributed by atoms with Crippen LogP contribution in [0.1, 0.15) is 40.0 Å². The van der Waals surface area contributed by atoms with Gasteiger partial charge in [0.1, 0.15) is 5.56 Å². The van der Waals surface area contributed by atoms with Crippen LogP contribution in [0, 0.1) is 12.8 Å². The Morgan fingerprint density at radius 1 is 1.36 bits per heavy atom. The standard InChI is InChI=1S/C20H20N4O/c1-13-17(18-21-9-4-10-24(18)23-13)19(25)22-12-15-11-20(15)8-7-14-5-2-3-6-16(14)20/h2-6,9-10,15H,7-8,11-12H2,1H3,(H,22,25)/t15-,20+/m1/s1. The van der Waals surface area contributed by atoms with Gasteiger partial charge in [0.05, 0.1) is 5.69 Å². The van der Waals surface area contributed by atoms with E-state index in [4.69, 9.17) is 0 Å². The number of aromatic nitrogens is 3. The van der Waals surface area contributed by atoms with Crippen molar-refractivity contribution in [3.8, 4) is 0 Å². The lowest BCUT2D eigenvalue weighted by molar-refractivity contribution is 0.0952. The predicted molar refractivity (Wildman–Crippen MR) is 94.6 cm³/mol. The molecular weight excluding hydrogens is 312 g/mol. The second-order valence-corrected chi connectivity index (χ2v) is 7.27. The lowest BCUT2D eigenvalue weighted by atomic mass is 9.95. The van der Waals surface area contributed by atoms with E-state index in [1.54, 1.807) is 10.7 Å². The molecule has 1 saturated carbocycles. The molecule has 3 aromatic rings. The average Bonchev–Trinajstić information content (AvgIpc) is 3.04. The van der Waals surface area contributed by atoms with Crippen LogP contribution in [0.3, 0.4) is 0 Å². The number of aryl methyl sites for hydroxylation is 2. The van der Waals surface area contributed by atoms with Gasteiger partial charge in [0.25, 0.3) is 5.91 Å². The van der Waals surface area contributed by atoms with Crippen LogP contribution in [0.2, 0.25) is 0 Å². The number of carbonyl (C=O) groups is 1. The third-order valence-electron chi connectivity index (χ3n) is 5.93. The van der Waals surface area contributed by atoms with Crippen molar-refractivity contribution in [3.63, 3.8) is 0 Å². The Kier molecular flexibility index (Phi) is 3.02. The molecule has 0 radical (unpaired) electrons. The second-order valence-electron chi connectivity index (χ2n) is 7.27. The molecule has 1 amide bonds. The highest BCUT2D eigenvalue weighted by molar-refractivity contribution is 6.01. The Bertz CT molecular complexity index is 992. The summed E-state index contributed by atoms with van der Waals surface area (Å²) in [5, 5.41) is 7.50. The van der Waals surface area contributed by atoms with Crippen molar-refractivity contribution in [1.82, 2.24) is 19.9 Å². The monoisotopic (exact) mass is 332 g/mol. The van der Waals surface area contributed by atoms with Crippen LogP contribution in [-0.4, -0.2) is 27.0 Å². The first kappa shape index (κ1) is 14.6. The first-order valence-corrected chi connectivity index (χ1v) is 8.85. The average molecular weight is 332 g/mol. The highest BCUT2D eigenvalue weighted by atomic mass is 16.1. The lowest BCUT2D eigenvalue weighted by Gasteiger charge is -2.12. The summed E-state index contributed by atoms with van der Waals surface area (Å²) in [6, 6.07) is 10.6. The zero-order chi connectivity index (χ0) is 17.0. The molecule has 5 nitrogen and oxygen atoms in total. The van der Waals surface area contributed by atoms with Gasteiger partial charge in [0.15, 0.2) is 5.65 Å². The van der Waals surface area contributed by atoms with E-state index < -0.39 is 0 Å². The summed E-state index contributed by atoms with van der Waals surface area (Å²) in [7, 11) is 0. The summed E-state index contributed by atoms with van der Waals surface area (Å²) < 4.78 is 1.66. The molecule has 5 heteroatoms. The Hall–Kier alpha value is -2.69. The maximum atomic E-state index is 12.7. The quantitative estimate of drug-likeness (QED) is 0.802. The minimum atomic E-state index is -0.0699. The largest absolute Gasteiger partial charge is 0.352 e. The number of benzene rings is 1. The summed E-state index contributed by atoms with van der Waals surface area (Å²) in [5.41, 5.74) is 5.21. The van der Waals surface area contributed by atoms with Gasteiger partial charge in [0, 0.05) is 24.4 Å². The first-order chi connectivity index (χ1) is 12.2. The second kappa shape index (κ2) is 5.15. The number of hydrogen-bond donors (Lipinski definition) is 1. The summed E-state index contributed by atoms with van der Waals surface area (Å²) in [6.07, 6.45) is 7.06. The van der Waals surface area contributed by atoms with Gasteiger partial charge in [-0.2, -0.15) is 5.10 Å². The van der Waals surface area contributed by atoms with E-state index in [1.165, 1.54) is 24.0 Å². The van der Waals surface area contributed by atoms with Crippen LogP contribution >= 0.6 is 0 Å². The Labute approximate surface area is 146 Å². The van der Waals surface area contributed by atoms with Crippen molar-refractivity contribution >= 4 is 11.6 Å². The van der Waals surface area contributed by atoms with Gasteiger partial charge in [-0.15, -0.1) is 0 Å². The smallest absolute Gasteiger partial charge is 0.257 e. The van der Waals surface area contributed by atoms with Gasteiger partial charge >= 0.3 is 0 Å². The van der Waals surface area contributed by atoms with Crippen LogP contribution in [0.4, 0.5) is 0 Å². The number of hydrogen-bond acceptors (Lipinski definition) is 3. The van der Waals surface area contributed by atoms with E-state index in [-0.39, 0.29) is 5.91 Å². The number of nitrogens with zero attached hydrogens (tertiary/aromatic N) is 3. The molecule has 0 bridgehead atoms. The maximum absolute atomic E-state index is 12.7. The number of amides is 1. The lowest BCUT2D eigenvalue weighted by Crippen LogP contribution is -2.28. The van der Waals surface area contributed by atoms with Crippen molar-refractivity contribution in [2.75, 3.05) is 6.54 Å². The van der Waals surface area contributed by atoms with Gasteiger partial charge < -0.3 is 5.32 Å². The number of nitrogens with one attached hydrogen (secondary N) is 1. The van der Waals surface area contributed by atoms with Crippen molar-refractivity contribution in [1.29, 1.82) is 0 Å². The molecule has 1 spiro atoms. The fourth-order valence-electron chi connectivity index (χ4n) is 4.57. The molecule has 2 aliphatic rings. The molecular formula is C20H20N4O. The number of rotatable bonds is 3. The Morgan fingerprint density at radius 3 is 3.16 bits per heavy atom. The third kappa shape index (κ3) is 2.11. The Balaban J connectivity index is 1.33. The molecule has 2 atom stereocenters. The SMILES string of the molecule is Cc1nn2cccnc2c1C(=O)NC[C@H]1C[C@@]12CCc1ccccc12. The van der Waals surface area contributed by atoms with Crippen LogP contribution < -0.4 is 5.32 Å². The molecule has 1 fully saturated rings. The van der Waals surface area contributed by atoms with E-state index in [1.807, 2.05) is 19.2 Å². The number of fused-ring (bicyclic) bond motifs is 3. The normalized spacial score (nSPS) is 23.8. The van der Waals surface area contributed by atoms with Gasteiger partial charge in [0.2, 0.25) is 0 Å². The van der Waals surface area contributed by atoms with Crippen molar-refractivity contribution in [3.05, 3.63) is 65.1 Å². The van der Waals surface area contributed by atoms with Crippen LogP contribution in [0.5, 0.6) is 0 Å². The molecule has 0 saturated heterocycles. The summed E-state index contributed by atoms with van der Waals surface area (Å²) in [6.45, 7) is 2.58. The topological polar surface area (TPSA) is 59.3 Å². The van der Waals surface area contributed by atoms with Crippen molar-refractivity contribution in [2.45, 2.75) is 31.6 Å². The summed E-state index contributed by atoms with van der Waals surface area (Å²) in [5.74, 6) is 0.467. The highest BCUT2D eigenvalue weighted by Gasteiger charge is 2.57. The molecule has 0 unspecified atom stereocenters. The summed E-state index contributed by atoms with van der Waals surface area (Å²) in [4.78, 5) is 17.0. The minimum Gasteiger partial charge on any atom is -0.352 e. The zero-order valence-electron chi connectivity index (χ0n) is 14.2. The van der Waals surface area contributed by atoms with Gasteiger partial charge in [-0.3, -0.25) is 4.79 Å². The van der Waals surface area contributed by atoms with E-state index in [9.17, 15) is 4.79 Å². The predicted octanol–water partition coefficient (Wildman–Crippen LogP) is 2.67. The molecule has 2 aromatic heterocycles. The van der Waals surface area contributed by atoms with Crippen LogP contribution in [0.15, 0.2) is 42.7 Å². The molecule has 2 heterocycles. The molecule has 2 aliphatic carbocycles. The van der Waals surface area contributed by atoms with E-state index in [2.05, 4.69) is 39.7 Å². The van der Waals surface area contributed by atoms with Gasteiger partial charge in [-0.25, -0.2) is 9.50 Å². The fraction of sp³-hybridized carbons (Fsp3) is 0.350. The summed E-state index contributed by atoms with van der Waals surface area (Å²) >= 11 is 0. The van der Waals surface area contributed by atoms with Crippen LogP contribution in [0.25, 0.3) is 5.65 Å². The number of carbonyl (C=O) groups excluding carboxylic acids is 1. The molecule has 1 aromatic carbocycles. The van der Waals surface area contributed by atoms with Crippen molar-refractivity contribution in [2.24, 2.45) is 5.92 Å². The van der Waals surface area contributed by atoms with Crippen molar-refractivity contribution < 1.29 is 4.79 Å². The molecule has 25 heavy (non-hydrogen) atoms. The van der Waals surface area contributed by atoms with E-state index in [0.717, 1.165) is 13.0 Å². The third-order valence-corrected chi connectivity index (χ3v) is 5.93. The van der Waals surface area contributed by atoms with E-state index >= 15 is 0 Å². The molecule has 0 aliphatic heterocycles. The minimum absolute atomic E-state index is 0.0699. The maximum Gasteiger partial charge on any atom is 0.257 e. The first-order valence-electron chi connectivity index (χ1n) is 8.85. The Morgan fingerprint density at radius 2 is 2.24 bits per heavy atom. The van der Waals surface area contributed by atoms with Gasteiger partial charge in [-0.05, 0) is 49.3 Å². The molecule has 1 N–H and O–H groups in total. The van der Waals surface area contributed by atoms with Gasteiger partial charge in [-0.1, -0.05) is 24.3 Å². The van der Waals surface area contributed by atoms with Crippen LogP contribution in [-0.2, 0) is 11.8 Å². The van der Waals surface area contributed by atoms with E-state index in [0.29, 0.717) is 28.2 Å². The highest BCUT2D eigenvalue weighted by Crippen LogP contribution is 2.61. The zero-order valence-corrected chi connectivity index (χ0v) is 14.2.